The zero-order chi connectivity index (χ0) is 18.4. The maximum absolute atomic E-state index is 11.9. The van der Waals surface area contributed by atoms with Crippen molar-refractivity contribution in [3.05, 3.63) is 39.5 Å². The van der Waals surface area contributed by atoms with Gasteiger partial charge >= 0.3 is 5.97 Å². The average molecular weight is 396 g/mol. The molecule has 3 rings (SSSR count). The maximum Gasteiger partial charge on any atom is 0.303 e. The number of carbonyl (C=O) groups is 2. The van der Waals surface area contributed by atoms with Gasteiger partial charge in [0.2, 0.25) is 0 Å². The highest BCUT2D eigenvalue weighted by Crippen LogP contribution is 2.42. The Kier molecular flexibility index (Phi) is 4.61. The Morgan fingerprint density at radius 3 is 2.72 bits per heavy atom. The van der Waals surface area contributed by atoms with E-state index in [2.05, 4.69) is 4.99 Å². The number of aliphatic carboxylic acids is 1. The van der Waals surface area contributed by atoms with E-state index >= 15 is 0 Å². The van der Waals surface area contributed by atoms with E-state index in [0.29, 0.717) is 29.1 Å². The molecule has 1 unspecified atom stereocenters. The fourth-order valence-electron chi connectivity index (χ4n) is 3.38. The SMILES string of the molecule is C[Si]1(CCCC(=O)O)C2=CC(=O)C=CC2=Nc2cc(Cl)c(O)c(Cl)c21. The van der Waals surface area contributed by atoms with Gasteiger partial charge in [0.05, 0.1) is 21.4 Å². The van der Waals surface area contributed by atoms with Crippen molar-refractivity contribution in [3.63, 3.8) is 0 Å². The predicted octanol–water partition coefficient (Wildman–Crippen LogP) is 3.54. The number of allylic oxidation sites excluding steroid dienone is 4. The van der Waals surface area contributed by atoms with Crippen molar-refractivity contribution < 1.29 is 19.8 Å². The summed E-state index contributed by atoms with van der Waals surface area (Å²) in [5.74, 6) is -1.22. The first kappa shape index (κ1) is 17.9. The van der Waals surface area contributed by atoms with Crippen LogP contribution in [0, 0.1) is 0 Å². The van der Waals surface area contributed by atoms with E-state index in [-0.39, 0.29) is 28.0 Å². The summed E-state index contributed by atoms with van der Waals surface area (Å²) < 4.78 is 0. The quantitative estimate of drug-likeness (QED) is 0.602. The van der Waals surface area contributed by atoms with Gasteiger partial charge < -0.3 is 10.2 Å². The van der Waals surface area contributed by atoms with Crippen LogP contribution in [0.25, 0.3) is 0 Å². The number of carboxylic acid groups (broad SMARTS) is 1. The number of halogens is 2. The summed E-state index contributed by atoms with van der Waals surface area (Å²) in [5.41, 5.74) is 1.25. The van der Waals surface area contributed by atoms with Gasteiger partial charge in [-0.2, -0.15) is 0 Å². The molecule has 0 amide bonds. The van der Waals surface area contributed by atoms with E-state index in [1.54, 1.807) is 18.2 Å². The highest BCUT2D eigenvalue weighted by molar-refractivity contribution is 7.03. The zero-order valence-electron chi connectivity index (χ0n) is 13.3. The van der Waals surface area contributed by atoms with Crippen molar-refractivity contribution >= 4 is 59.6 Å². The molecule has 0 saturated carbocycles. The van der Waals surface area contributed by atoms with Gasteiger partial charge in [0.25, 0.3) is 0 Å². The van der Waals surface area contributed by atoms with Crippen molar-refractivity contribution in [3.8, 4) is 5.75 Å². The first-order valence-electron chi connectivity index (χ1n) is 7.70. The molecule has 2 N–H and O–H groups in total. The van der Waals surface area contributed by atoms with Crippen LogP contribution < -0.4 is 5.19 Å². The molecule has 1 heterocycles. The summed E-state index contributed by atoms with van der Waals surface area (Å²) in [7, 11) is -2.58. The first-order chi connectivity index (χ1) is 11.7. The third-order valence-corrected chi connectivity index (χ3v) is 9.96. The number of aliphatic imine (C=N–C) groups is 1. The second-order valence-corrected chi connectivity index (χ2v) is 11.3. The molecule has 8 heteroatoms. The van der Waals surface area contributed by atoms with Crippen LogP contribution in [0.1, 0.15) is 12.8 Å². The molecule has 1 aliphatic heterocycles. The number of nitrogens with zero attached hydrogens (tertiary/aromatic N) is 1. The van der Waals surface area contributed by atoms with Crippen molar-refractivity contribution in [2.24, 2.45) is 4.99 Å². The number of hydrogen-bond acceptors (Lipinski definition) is 4. The number of phenolic OH excluding ortho intramolecular Hbond substituents is 1. The van der Waals surface area contributed by atoms with Crippen LogP contribution >= 0.6 is 23.2 Å². The van der Waals surface area contributed by atoms with Gasteiger partial charge in [-0.25, -0.2) is 4.99 Å². The Balaban J connectivity index is 2.21. The molecule has 1 aromatic rings. The lowest BCUT2D eigenvalue weighted by Crippen LogP contribution is -2.52. The van der Waals surface area contributed by atoms with E-state index in [1.165, 1.54) is 6.08 Å². The molecule has 0 aromatic heterocycles. The lowest BCUT2D eigenvalue weighted by molar-refractivity contribution is -0.137. The fraction of sp³-hybridized carbons (Fsp3) is 0.235. The molecule has 2 aliphatic rings. The normalized spacial score (nSPS) is 21.3. The van der Waals surface area contributed by atoms with Crippen LogP contribution in [0.15, 0.2) is 34.5 Å². The molecule has 0 radical (unpaired) electrons. The minimum atomic E-state index is -2.58. The number of benzene rings is 1. The van der Waals surface area contributed by atoms with Crippen LogP contribution in [0.2, 0.25) is 22.6 Å². The molecule has 0 saturated heterocycles. The van der Waals surface area contributed by atoms with Gasteiger partial charge in [-0.05, 0) is 47.1 Å². The molecule has 0 spiro atoms. The van der Waals surface area contributed by atoms with Gasteiger partial charge in [0.1, 0.15) is 8.07 Å². The number of aromatic hydroxyl groups is 1. The summed E-state index contributed by atoms with van der Waals surface area (Å²) in [6, 6.07) is 2.13. The first-order valence-corrected chi connectivity index (χ1v) is 11.2. The Hall–Kier alpha value is -1.89. The van der Waals surface area contributed by atoms with E-state index in [1.807, 2.05) is 6.55 Å². The van der Waals surface area contributed by atoms with Gasteiger partial charge in [0, 0.05) is 6.42 Å². The topological polar surface area (TPSA) is 87.0 Å². The third-order valence-electron chi connectivity index (χ3n) is 4.60. The lowest BCUT2D eigenvalue weighted by atomic mass is 10.1. The number of phenols is 1. The molecule has 25 heavy (non-hydrogen) atoms. The molecule has 1 atom stereocenters. The molecule has 5 nitrogen and oxygen atoms in total. The van der Waals surface area contributed by atoms with Crippen LogP contribution in [-0.4, -0.2) is 35.8 Å². The minimum absolute atomic E-state index is 0.0264. The van der Waals surface area contributed by atoms with E-state index in [0.717, 1.165) is 5.20 Å². The van der Waals surface area contributed by atoms with Gasteiger partial charge in [-0.3, -0.25) is 9.59 Å². The summed E-state index contributed by atoms with van der Waals surface area (Å²) in [6.45, 7) is 2.01. The standard InChI is InChI=1S/C17H15Cl2NO4Si/c1-25(6-2-3-14(22)23)13-7-9(21)4-5-11(13)20-12-8-10(18)16(24)15(19)17(12)25/h4-5,7-8,24H,2-3,6H2,1H3,(H,22,23). The highest BCUT2D eigenvalue weighted by Gasteiger charge is 2.43. The van der Waals surface area contributed by atoms with Gasteiger partial charge in [-0.1, -0.05) is 29.7 Å². The van der Waals surface area contributed by atoms with Crippen molar-refractivity contribution in [2.45, 2.75) is 25.4 Å². The molecule has 0 fully saturated rings. The molecule has 130 valence electrons. The van der Waals surface area contributed by atoms with E-state index < -0.39 is 14.0 Å². The second-order valence-electron chi connectivity index (χ2n) is 6.29. The Labute approximate surface area is 155 Å². The number of hydrogen-bond donors (Lipinski definition) is 2. The van der Waals surface area contributed by atoms with Crippen LogP contribution in [0.5, 0.6) is 5.75 Å². The summed E-state index contributed by atoms with van der Waals surface area (Å²) in [6.07, 6.45) is 5.13. The average Bonchev–Trinajstić information content (AvgIpc) is 2.53. The highest BCUT2D eigenvalue weighted by atomic mass is 35.5. The third kappa shape index (κ3) is 3.05. The number of rotatable bonds is 4. The van der Waals surface area contributed by atoms with Crippen molar-refractivity contribution in [1.29, 1.82) is 0 Å². The molecule has 1 aromatic carbocycles. The maximum atomic E-state index is 11.9. The molecular formula is C17H15Cl2NO4Si. The number of fused-ring (bicyclic) bond motifs is 2. The van der Waals surface area contributed by atoms with Gasteiger partial charge in [0.15, 0.2) is 11.5 Å². The molecule has 0 bridgehead atoms. The summed E-state index contributed by atoms with van der Waals surface area (Å²) >= 11 is 12.4. The second kappa shape index (κ2) is 6.44. The monoisotopic (exact) mass is 395 g/mol. The van der Waals surface area contributed by atoms with Crippen LogP contribution in [0.3, 0.4) is 0 Å². The smallest absolute Gasteiger partial charge is 0.303 e. The number of ketones is 1. The Morgan fingerprint density at radius 2 is 2.04 bits per heavy atom. The number of carboxylic acids is 1. The van der Waals surface area contributed by atoms with E-state index in [9.17, 15) is 14.7 Å². The predicted molar refractivity (Wildman–Crippen MR) is 100 cm³/mol. The molecule has 1 aliphatic carbocycles. The largest absolute Gasteiger partial charge is 0.505 e. The zero-order valence-corrected chi connectivity index (χ0v) is 15.9. The van der Waals surface area contributed by atoms with Crippen molar-refractivity contribution in [1.82, 2.24) is 0 Å². The van der Waals surface area contributed by atoms with Crippen LogP contribution in [0.4, 0.5) is 5.69 Å². The lowest BCUT2D eigenvalue weighted by Gasteiger charge is -2.37. The Morgan fingerprint density at radius 1 is 1.32 bits per heavy atom. The van der Waals surface area contributed by atoms with Gasteiger partial charge in [-0.15, -0.1) is 0 Å². The number of carbonyl (C=O) groups excluding carboxylic acids is 1. The Bertz CT molecular complexity index is 891. The summed E-state index contributed by atoms with van der Waals surface area (Å²) in [5, 5.41) is 20.9. The fourth-order valence-corrected chi connectivity index (χ4v) is 8.59. The summed E-state index contributed by atoms with van der Waals surface area (Å²) in [4.78, 5) is 27.4. The minimum Gasteiger partial charge on any atom is -0.505 e. The van der Waals surface area contributed by atoms with Crippen molar-refractivity contribution in [2.75, 3.05) is 0 Å². The van der Waals surface area contributed by atoms with E-state index in [4.69, 9.17) is 28.3 Å². The van der Waals surface area contributed by atoms with Crippen LogP contribution in [-0.2, 0) is 9.59 Å². The molecular weight excluding hydrogens is 381 g/mol.